The molecule has 2 heterocycles. The standard InChI is InChI=1S/C19H20ClNO4.C17H23NO3.C9H11N/c1-19(2,18(23)24)25-16-9-3-13(4-10-16)11-12-21-17(22)14-5-7-15(20)8-6-14;1-18-13-7-8-14(18)10-15(9-13)21-17(20)16(11-19)12-5-3-2-4-6-12;10-9-6-8(9)7-4-2-1-3-5-7/h3-10H,11-12H2,1-2H3,(H,21,22)(H,23,24);2-6,13-16,19H,7-11H2,1H3;1-5,8-9H,6,10H2/t;13-,14+,15?,16?;8-,9+/m..0/s1. The lowest BCUT2D eigenvalue weighted by Gasteiger charge is -2.36. The highest BCUT2D eigenvalue weighted by molar-refractivity contribution is 6.30. The van der Waals surface area contributed by atoms with Gasteiger partial charge < -0.3 is 35.6 Å². The molecule has 2 unspecified atom stereocenters. The molecule has 2 bridgehead atoms. The van der Waals surface area contributed by atoms with Crippen molar-refractivity contribution in [2.75, 3.05) is 20.2 Å². The van der Waals surface area contributed by atoms with Crippen molar-refractivity contribution in [3.8, 4) is 5.75 Å². The van der Waals surface area contributed by atoms with Crippen LogP contribution in [0.5, 0.6) is 5.75 Å². The second kappa shape index (κ2) is 19.9. The van der Waals surface area contributed by atoms with Crippen molar-refractivity contribution in [3.63, 3.8) is 0 Å². The van der Waals surface area contributed by atoms with Crippen LogP contribution in [-0.2, 0) is 20.7 Å². The van der Waals surface area contributed by atoms with Crippen LogP contribution in [0.3, 0.4) is 0 Å². The summed E-state index contributed by atoms with van der Waals surface area (Å²) in [5, 5.41) is 22.0. The van der Waals surface area contributed by atoms with E-state index in [1.54, 1.807) is 36.4 Å². The van der Waals surface area contributed by atoms with Gasteiger partial charge in [-0.25, -0.2) is 4.79 Å². The normalized spacial score (nSPS) is 21.6. The Hall–Kier alpha value is -4.74. The molecular weight excluding hydrogens is 730 g/mol. The third-order valence-electron chi connectivity index (χ3n) is 10.7. The number of fused-ring (bicyclic) bond motifs is 2. The number of aliphatic hydroxyl groups is 1. The molecule has 10 nitrogen and oxygen atoms in total. The number of carboxylic acids is 1. The summed E-state index contributed by atoms with van der Waals surface area (Å²) in [6, 6.07) is 35.2. The molecule has 3 aliphatic rings. The van der Waals surface area contributed by atoms with E-state index in [2.05, 4.69) is 41.5 Å². The first kappa shape index (κ1) is 42.4. The second-order valence-electron chi connectivity index (χ2n) is 15.2. The van der Waals surface area contributed by atoms with Crippen LogP contribution in [0.2, 0.25) is 5.02 Å². The Labute approximate surface area is 335 Å². The number of carbonyl (C=O) groups excluding carboxylic acids is 2. The molecule has 1 saturated carbocycles. The minimum absolute atomic E-state index is 0.00367. The van der Waals surface area contributed by atoms with Gasteiger partial charge in [0.25, 0.3) is 5.91 Å². The number of nitrogens with zero attached hydrogens (tertiary/aromatic N) is 1. The van der Waals surface area contributed by atoms with Crippen molar-refractivity contribution in [3.05, 3.63) is 136 Å². The Morgan fingerprint density at radius 2 is 1.45 bits per heavy atom. The Balaban J connectivity index is 0.000000173. The Morgan fingerprint density at radius 3 is 1.98 bits per heavy atom. The van der Waals surface area contributed by atoms with Gasteiger partial charge in [-0.15, -0.1) is 0 Å². The van der Waals surface area contributed by atoms with Crippen molar-refractivity contribution in [1.82, 2.24) is 10.2 Å². The summed E-state index contributed by atoms with van der Waals surface area (Å²) in [4.78, 5) is 37.8. The van der Waals surface area contributed by atoms with E-state index in [0.717, 1.165) is 24.0 Å². The van der Waals surface area contributed by atoms with Gasteiger partial charge >= 0.3 is 11.9 Å². The quantitative estimate of drug-likeness (QED) is 0.112. The highest BCUT2D eigenvalue weighted by Crippen LogP contribution is 2.38. The molecule has 2 aliphatic heterocycles. The van der Waals surface area contributed by atoms with E-state index < -0.39 is 17.5 Å². The highest BCUT2D eigenvalue weighted by atomic mass is 35.5. The van der Waals surface area contributed by atoms with Gasteiger partial charge in [-0.1, -0.05) is 84.4 Å². The van der Waals surface area contributed by atoms with Crippen LogP contribution in [0.1, 0.15) is 84.8 Å². The fourth-order valence-corrected chi connectivity index (χ4v) is 7.22. The summed E-state index contributed by atoms with van der Waals surface area (Å²) in [6.45, 7) is 3.27. The van der Waals surface area contributed by atoms with Gasteiger partial charge in [0.15, 0.2) is 5.60 Å². The molecule has 4 aromatic rings. The molecule has 4 aromatic carbocycles. The zero-order valence-electron chi connectivity index (χ0n) is 32.4. The van der Waals surface area contributed by atoms with Crippen LogP contribution in [0.15, 0.2) is 109 Å². The number of ether oxygens (including phenoxy) is 2. The number of hydrogen-bond acceptors (Lipinski definition) is 8. The monoisotopic (exact) mass is 783 g/mol. The lowest BCUT2D eigenvalue weighted by Crippen LogP contribution is -2.43. The van der Waals surface area contributed by atoms with Gasteiger partial charge in [-0.05, 0) is 113 Å². The summed E-state index contributed by atoms with van der Waals surface area (Å²) < 4.78 is 11.2. The number of benzene rings is 4. The van der Waals surface area contributed by atoms with Crippen LogP contribution in [0.4, 0.5) is 0 Å². The average molecular weight is 784 g/mol. The summed E-state index contributed by atoms with van der Waals surface area (Å²) in [5.41, 5.74) is 8.20. The van der Waals surface area contributed by atoms with E-state index in [1.165, 1.54) is 38.7 Å². The summed E-state index contributed by atoms with van der Waals surface area (Å²) in [6.07, 6.45) is 6.08. The van der Waals surface area contributed by atoms with E-state index in [1.807, 2.05) is 48.5 Å². The van der Waals surface area contributed by atoms with Gasteiger partial charge in [0.05, 0.1) is 6.61 Å². The first-order chi connectivity index (χ1) is 26.8. The molecule has 0 radical (unpaired) electrons. The number of rotatable bonds is 12. The number of hydrogen-bond donors (Lipinski definition) is 4. The number of amides is 1. The zero-order chi connectivity index (χ0) is 40.2. The molecule has 3 fully saturated rings. The third-order valence-corrected chi connectivity index (χ3v) is 10.9. The van der Waals surface area contributed by atoms with Gasteiger partial charge in [0.2, 0.25) is 0 Å². The molecule has 6 atom stereocenters. The number of piperidine rings is 1. The summed E-state index contributed by atoms with van der Waals surface area (Å²) in [5.74, 6) is -0.898. The van der Waals surface area contributed by atoms with E-state index >= 15 is 0 Å². The minimum atomic E-state index is -1.28. The maximum absolute atomic E-state index is 12.4. The van der Waals surface area contributed by atoms with Gasteiger partial charge in [0, 0.05) is 41.2 Å². The number of carbonyl (C=O) groups is 3. The molecule has 1 amide bonds. The first-order valence-electron chi connectivity index (χ1n) is 19.3. The lowest BCUT2D eigenvalue weighted by molar-refractivity contribution is -0.155. The number of carboxylic acid groups (broad SMARTS) is 1. The van der Waals surface area contributed by atoms with E-state index in [4.69, 9.17) is 31.9 Å². The zero-order valence-corrected chi connectivity index (χ0v) is 33.1. The average Bonchev–Trinajstić information content (AvgIpc) is 3.90. The molecule has 5 N–H and O–H groups in total. The van der Waals surface area contributed by atoms with E-state index in [9.17, 15) is 19.5 Å². The van der Waals surface area contributed by atoms with E-state index in [0.29, 0.717) is 53.3 Å². The molecule has 0 aromatic heterocycles. The smallest absolute Gasteiger partial charge is 0.347 e. The van der Waals surface area contributed by atoms with Crippen LogP contribution in [0, 0.1) is 0 Å². The molecule has 2 saturated heterocycles. The van der Waals surface area contributed by atoms with Gasteiger partial charge in [-0.2, -0.15) is 0 Å². The largest absolute Gasteiger partial charge is 0.478 e. The number of nitrogens with two attached hydrogens (primary N) is 1. The molecule has 298 valence electrons. The minimum Gasteiger partial charge on any atom is -0.478 e. The predicted octanol–water partition coefficient (Wildman–Crippen LogP) is 6.99. The molecular formula is C45H54ClN3O7. The lowest BCUT2D eigenvalue weighted by atomic mass is 9.98. The molecule has 7 rings (SSSR count). The number of aliphatic hydroxyl groups excluding tert-OH is 1. The first-order valence-corrected chi connectivity index (χ1v) is 19.7. The number of nitrogens with one attached hydrogen (secondary N) is 1. The van der Waals surface area contributed by atoms with Gasteiger partial charge in [0.1, 0.15) is 17.8 Å². The van der Waals surface area contributed by atoms with Crippen LogP contribution in [-0.4, -0.2) is 83.0 Å². The Morgan fingerprint density at radius 1 is 0.875 bits per heavy atom. The van der Waals surface area contributed by atoms with Crippen LogP contribution < -0.4 is 15.8 Å². The number of halogens is 1. The van der Waals surface area contributed by atoms with Crippen molar-refractivity contribution < 1.29 is 34.1 Å². The fraction of sp³-hybridized carbons (Fsp3) is 0.400. The second-order valence-corrected chi connectivity index (χ2v) is 15.7. The van der Waals surface area contributed by atoms with Crippen LogP contribution >= 0.6 is 11.6 Å². The maximum atomic E-state index is 12.4. The van der Waals surface area contributed by atoms with E-state index in [-0.39, 0.29) is 24.6 Å². The fourth-order valence-electron chi connectivity index (χ4n) is 7.09. The molecule has 56 heavy (non-hydrogen) atoms. The predicted molar refractivity (Wildman–Crippen MR) is 218 cm³/mol. The van der Waals surface area contributed by atoms with Crippen molar-refractivity contribution >= 4 is 29.4 Å². The van der Waals surface area contributed by atoms with Crippen molar-refractivity contribution in [2.45, 2.75) is 94.0 Å². The number of esters is 1. The SMILES string of the molecule is CC(C)(Oc1ccc(CCNC(=O)c2ccc(Cl)cc2)cc1)C(=O)O.CN1[C@@H]2CC[C@H]1CC(OC(=O)C(CO)c1ccccc1)C2.N[C@@H]1C[C@H]1c1ccccc1. The Kier molecular flexibility index (Phi) is 15.1. The number of aliphatic carboxylic acids is 1. The molecule has 1 aliphatic carbocycles. The summed E-state index contributed by atoms with van der Waals surface area (Å²) in [7, 11) is 2.17. The molecule has 0 spiro atoms. The molecule has 11 heteroatoms. The highest BCUT2D eigenvalue weighted by Gasteiger charge is 2.40. The Bertz CT molecular complexity index is 1840. The van der Waals surface area contributed by atoms with Crippen molar-refractivity contribution in [2.24, 2.45) is 5.73 Å². The summed E-state index contributed by atoms with van der Waals surface area (Å²) >= 11 is 5.80. The topological polar surface area (TPSA) is 151 Å². The van der Waals surface area contributed by atoms with Gasteiger partial charge in [-0.3, -0.25) is 9.59 Å². The maximum Gasteiger partial charge on any atom is 0.347 e. The van der Waals surface area contributed by atoms with Crippen molar-refractivity contribution in [1.29, 1.82) is 0 Å². The van der Waals surface area contributed by atoms with Crippen LogP contribution in [0.25, 0.3) is 0 Å². The third kappa shape index (κ3) is 12.1.